The molecule has 104 valence electrons. The molecule has 1 saturated heterocycles. The van der Waals surface area contributed by atoms with Crippen LogP contribution in [-0.2, 0) is 10.2 Å². The van der Waals surface area contributed by atoms with Gasteiger partial charge in [-0.3, -0.25) is 4.79 Å². The number of halogens is 1. The van der Waals surface area contributed by atoms with Crippen molar-refractivity contribution in [2.45, 2.75) is 19.3 Å². The summed E-state index contributed by atoms with van der Waals surface area (Å²) in [6.45, 7) is 7.37. The summed E-state index contributed by atoms with van der Waals surface area (Å²) in [5.41, 5.74) is 0.328. The number of amides is 1. The van der Waals surface area contributed by atoms with Crippen LogP contribution in [0.2, 0.25) is 5.02 Å². The van der Waals surface area contributed by atoms with Crippen molar-refractivity contribution >= 4 is 17.5 Å². The first-order valence-electron chi connectivity index (χ1n) is 6.66. The van der Waals surface area contributed by atoms with Gasteiger partial charge in [0.25, 0.3) is 0 Å². The number of nitrogens with zero attached hydrogens (tertiary/aromatic N) is 2. The summed E-state index contributed by atoms with van der Waals surface area (Å²) in [7, 11) is 2.08. The Morgan fingerprint density at radius 2 is 1.74 bits per heavy atom. The molecule has 0 N–H and O–H groups in total. The van der Waals surface area contributed by atoms with Gasteiger partial charge in [0, 0.05) is 31.2 Å². The fourth-order valence-electron chi connectivity index (χ4n) is 2.49. The molecule has 1 aliphatic rings. The Hall–Kier alpha value is -1.06. The highest BCUT2D eigenvalue weighted by Gasteiger charge is 2.35. The first-order valence-corrected chi connectivity index (χ1v) is 7.03. The molecule has 0 atom stereocenters. The molecule has 0 aromatic heterocycles. The van der Waals surface area contributed by atoms with Gasteiger partial charge in [-0.2, -0.15) is 0 Å². The van der Waals surface area contributed by atoms with Crippen molar-refractivity contribution in [2.75, 3.05) is 33.2 Å². The van der Waals surface area contributed by atoms with Crippen LogP contribution in [0.25, 0.3) is 0 Å². The Morgan fingerprint density at radius 3 is 2.32 bits per heavy atom. The molecular formula is C15H21ClN2O. The number of rotatable bonds is 2. The van der Waals surface area contributed by atoms with Crippen LogP contribution in [0.4, 0.5) is 0 Å². The summed E-state index contributed by atoms with van der Waals surface area (Å²) in [6.07, 6.45) is 0. The highest BCUT2D eigenvalue weighted by Crippen LogP contribution is 2.31. The third-order valence-corrected chi connectivity index (χ3v) is 4.20. The van der Waals surface area contributed by atoms with Crippen molar-refractivity contribution < 1.29 is 4.79 Å². The van der Waals surface area contributed by atoms with E-state index in [-0.39, 0.29) is 5.91 Å². The van der Waals surface area contributed by atoms with Gasteiger partial charge in [-0.1, -0.05) is 29.8 Å². The first kappa shape index (κ1) is 14.4. The molecule has 1 aliphatic heterocycles. The van der Waals surface area contributed by atoms with E-state index >= 15 is 0 Å². The first-order chi connectivity index (χ1) is 8.93. The molecule has 3 nitrogen and oxygen atoms in total. The summed E-state index contributed by atoms with van der Waals surface area (Å²) < 4.78 is 0. The Bertz CT molecular complexity index is 465. The molecule has 0 bridgehead atoms. The van der Waals surface area contributed by atoms with Gasteiger partial charge in [-0.25, -0.2) is 0 Å². The van der Waals surface area contributed by atoms with Crippen molar-refractivity contribution in [1.82, 2.24) is 9.80 Å². The summed E-state index contributed by atoms with van der Waals surface area (Å²) in [5, 5.41) is 0.662. The maximum absolute atomic E-state index is 12.7. The van der Waals surface area contributed by atoms with Gasteiger partial charge in [0.05, 0.1) is 5.41 Å². The van der Waals surface area contributed by atoms with E-state index in [4.69, 9.17) is 11.6 Å². The SMILES string of the molecule is CN1CCN(C(=O)C(C)(C)c2ccccc2Cl)CC1. The second-order valence-corrected chi connectivity index (χ2v) is 6.11. The molecule has 2 rings (SSSR count). The van der Waals surface area contributed by atoms with Crippen LogP contribution in [0, 0.1) is 0 Å². The summed E-state index contributed by atoms with van der Waals surface area (Å²) in [6, 6.07) is 7.61. The van der Waals surface area contributed by atoms with Crippen molar-refractivity contribution in [3.05, 3.63) is 34.9 Å². The van der Waals surface area contributed by atoms with Crippen molar-refractivity contribution in [2.24, 2.45) is 0 Å². The summed E-state index contributed by atoms with van der Waals surface area (Å²) in [4.78, 5) is 16.9. The highest BCUT2D eigenvalue weighted by molar-refractivity contribution is 6.31. The number of carbonyl (C=O) groups is 1. The monoisotopic (exact) mass is 280 g/mol. The minimum absolute atomic E-state index is 0.161. The van der Waals surface area contributed by atoms with Gasteiger partial charge in [-0.05, 0) is 32.5 Å². The molecule has 19 heavy (non-hydrogen) atoms. The zero-order valence-electron chi connectivity index (χ0n) is 11.8. The predicted molar refractivity (Wildman–Crippen MR) is 78.6 cm³/mol. The van der Waals surface area contributed by atoms with E-state index in [9.17, 15) is 4.79 Å². The topological polar surface area (TPSA) is 23.6 Å². The summed E-state index contributed by atoms with van der Waals surface area (Å²) in [5.74, 6) is 0.161. The van der Waals surface area contributed by atoms with E-state index in [1.54, 1.807) is 0 Å². The largest absolute Gasteiger partial charge is 0.339 e. The molecule has 1 aromatic carbocycles. The predicted octanol–water partition coefficient (Wildman–Crippen LogP) is 2.39. The zero-order chi connectivity index (χ0) is 14.0. The molecule has 0 spiro atoms. The maximum Gasteiger partial charge on any atom is 0.232 e. The third-order valence-electron chi connectivity index (χ3n) is 3.87. The van der Waals surface area contributed by atoms with E-state index in [0.717, 1.165) is 31.7 Å². The highest BCUT2D eigenvalue weighted by atomic mass is 35.5. The molecule has 0 radical (unpaired) electrons. The van der Waals surface area contributed by atoms with Crippen LogP contribution in [0.5, 0.6) is 0 Å². The fraction of sp³-hybridized carbons (Fsp3) is 0.533. The minimum atomic E-state index is -0.575. The van der Waals surface area contributed by atoms with Crippen LogP contribution in [0.15, 0.2) is 24.3 Å². The van der Waals surface area contributed by atoms with Gasteiger partial charge in [0.1, 0.15) is 0 Å². The van der Waals surface area contributed by atoms with Crippen molar-refractivity contribution in [1.29, 1.82) is 0 Å². The Labute approximate surface area is 120 Å². The molecule has 4 heteroatoms. The molecule has 1 fully saturated rings. The second kappa shape index (κ2) is 5.51. The average Bonchev–Trinajstić information content (AvgIpc) is 2.39. The van der Waals surface area contributed by atoms with Gasteiger partial charge in [0.15, 0.2) is 0 Å². The lowest BCUT2D eigenvalue weighted by Gasteiger charge is -2.37. The Kier molecular flexibility index (Phi) is 4.16. The Morgan fingerprint density at radius 1 is 1.16 bits per heavy atom. The van der Waals surface area contributed by atoms with Crippen LogP contribution in [0.1, 0.15) is 19.4 Å². The fourth-order valence-corrected chi connectivity index (χ4v) is 2.86. The van der Waals surface area contributed by atoms with E-state index in [1.165, 1.54) is 0 Å². The van der Waals surface area contributed by atoms with Gasteiger partial charge >= 0.3 is 0 Å². The number of likely N-dealkylation sites (N-methyl/N-ethyl adjacent to an activating group) is 1. The van der Waals surface area contributed by atoms with E-state index in [2.05, 4.69) is 11.9 Å². The lowest BCUT2D eigenvalue weighted by molar-refractivity contribution is -0.137. The van der Waals surface area contributed by atoms with Gasteiger partial charge in [0.2, 0.25) is 5.91 Å². The standard InChI is InChI=1S/C15H21ClN2O/c1-15(2,12-6-4-5-7-13(12)16)14(19)18-10-8-17(3)9-11-18/h4-7H,8-11H2,1-3H3. The lowest BCUT2D eigenvalue weighted by Crippen LogP contribution is -2.52. The van der Waals surface area contributed by atoms with E-state index in [1.807, 2.05) is 43.0 Å². The molecule has 1 amide bonds. The number of hydrogen-bond acceptors (Lipinski definition) is 2. The van der Waals surface area contributed by atoms with E-state index < -0.39 is 5.41 Å². The van der Waals surface area contributed by atoms with Crippen LogP contribution >= 0.6 is 11.6 Å². The average molecular weight is 281 g/mol. The van der Waals surface area contributed by atoms with Crippen LogP contribution in [-0.4, -0.2) is 48.9 Å². The number of benzene rings is 1. The van der Waals surface area contributed by atoms with Crippen LogP contribution in [0.3, 0.4) is 0 Å². The molecule has 0 unspecified atom stereocenters. The molecule has 0 saturated carbocycles. The molecule has 0 aliphatic carbocycles. The summed E-state index contributed by atoms with van der Waals surface area (Å²) >= 11 is 6.24. The van der Waals surface area contributed by atoms with Gasteiger partial charge < -0.3 is 9.80 Å². The number of hydrogen-bond donors (Lipinski definition) is 0. The van der Waals surface area contributed by atoms with Crippen molar-refractivity contribution in [3.63, 3.8) is 0 Å². The molecular weight excluding hydrogens is 260 g/mol. The third kappa shape index (κ3) is 2.93. The Balaban J connectivity index is 2.20. The second-order valence-electron chi connectivity index (χ2n) is 5.70. The molecule has 1 heterocycles. The van der Waals surface area contributed by atoms with Crippen LogP contribution < -0.4 is 0 Å². The molecule has 1 aromatic rings. The van der Waals surface area contributed by atoms with Gasteiger partial charge in [-0.15, -0.1) is 0 Å². The van der Waals surface area contributed by atoms with Crippen molar-refractivity contribution in [3.8, 4) is 0 Å². The zero-order valence-corrected chi connectivity index (χ0v) is 12.6. The number of carbonyl (C=O) groups excluding carboxylic acids is 1. The quantitative estimate of drug-likeness (QED) is 0.830. The normalized spacial score (nSPS) is 17.6. The lowest BCUT2D eigenvalue weighted by atomic mass is 9.83. The van der Waals surface area contributed by atoms with E-state index in [0.29, 0.717) is 5.02 Å². The maximum atomic E-state index is 12.7. The number of piperazine rings is 1. The smallest absolute Gasteiger partial charge is 0.232 e. The minimum Gasteiger partial charge on any atom is -0.339 e.